The van der Waals surface area contributed by atoms with Crippen LogP contribution < -0.4 is 5.32 Å². The molecule has 1 atom stereocenters. The molecule has 5 rings (SSSR count). The minimum absolute atomic E-state index is 0.00466. The van der Waals surface area contributed by atoms with Crippen molar-refractivity contribution in [2.24, 2.45) is 0 Å². The fourth-order valence-electron chi connectivity index (χ4n) is 4.39. The number of ether oxygens (including phenoxy) is 1. The van der Waals surface area contributed by atoms with Gasteiger partial charge >= 0.3 is 18.2 Å². The zero-order valence-electron chi connectivity index (χ0n) is 18.6. The number of nitrogens with zero attached hydrogens (tertiary/aromatic N) is 1. The molecule has 2 N–H and O–H groups in total. The first-order valence-corrected chi connectivity index (χ1v) is 11.0. The number of carboxylic acid groups (broad SMARTS) is 1. The van der Waals surface area contributed by atoms with Crippen LogP contribution in [0.1, 0.15) is 28.5 Å². The summed E-state index contributed by atoms with van der Waals surface area (Å²) in [5.41, 5.74) is 3.21. The molecule has 7 nitrogen and oxygen atoms in total. The van der Waals surface area contributed by atoms with E-state index >= 15 is 0 Å². The Hall–Kier alpha value is -4.34. The van der Waals surface area contributed by atoms with Crippen LogP contribution in [0.15, 0.2) is 71.1 Å². The van der Waals surface area contributed by atoms with Crippen molar-refractivity contribution in [2.75, 3.05) is 6.61 Å². The van der Waals surface area contributed by atoms with Crippen LogP contribution in [-0.4, -0.2) is 34.8 Å². The fourth-order valence-corrected chi connectivity index (χ4v) is 4.39. The normalized spacial score (nSPS) is 13.8. The third-order valence-electron chi connectivity index (χ3n) is 6.07. The van der Waals surface area contributed by atoms with Crippen LogP contribution in [0, 0.1) is 0 Å². The van der Waals surface area contributed by atoms with Crippen LogP contribution >= 0.6 is 0 Å². The number of nitrogens with one attached hydrogen (secondary N) is 1. The van der Waals surface area contributed by atoms with Crippen LogP contribution in [-0.2, 0) is 22.1 Å². The lowest BCUT2D eigenvalue weighted by atomic mass is 9.98. The van der Waals surface area contributed by atoms with Gasteiger partial charge in [0.1, 0.15) is 18.2 Å². The summed E-state index contributed by atoms with van der Waals surface area (Å²) in [4.78, 5) is 28.3. The molecule has 184 valence electrons. The molecule has 1 aromatic heterocycles. The van der Waals surface area contributed by atoms with Crippen molar-refractivity contribution >= 4 is 23.2 Å². The van der Waals surface area contributed by atoms with E-state index in [0.29, 0.717) is 0 Å². The van der Waals surface area contributed by atoms with E-state index in [-0.39, 0.29) is 35.9 Å². The number of hydrogen-bond donors (Lipinski definition) is 2. The highest BCUT2D eigenvalue weighted by molar-refractivity contribution is 5.81. The lowest BCUT2D eigenvalue weighted by Crippen LogP contribution is -2.43. The Morgan fingerprint density at radius 1 is 1.03 bits per heavy atom. The van der Waals surface area contributed by atoms with Gasteiger partial charge in [-0.15, -0.1) is 0 Å². The number of hydrogen-bond acceptors (Lipinski definition) is 5. The second-order valence-electron chi connectivity index (χ2n) is 8.35. The monoisotopic (exact) mass is 496 g/mol. The maximum atomic E-state index is 12.9. The zero-order valence-corrected chi connectivity index (χ0v) is 18.6. The first kappa shape index (κ1) is 23.4. The summed E-state index contributed by atoms with van der Waals surface area (Å²) in [5.74, 6) is -1.70. The number of fused-ring (bicyclic) bond motifs is 4. The van der Waals surface area contributed by atoms with Gasteiger partial charge in [0.05, 0.1) is 12.0 Å². The van der Waals surface area contributed by atoms with E-state index < -0.39 is 29.8 Å². The van der Waals surface area contributed by atoms with E-state index in [0.717, 1.165) is 40.5 Å². The van der Waals surface area contributed by atoms with Crippen LogP contribution in [0.5, 0.6) is 0 Å². The number of oxazole rings is 1. The fraction of sp³-hybridized carbons (Fsp3) is 0.192. The van der Waals surface area contributed by atoms with Crippen LogP contribution in [0.2, 0.25) is 0 Å². The van der Waals surface area contributed by atoms with E-state index in [1.54, 1.807) is 0 Å². The van der Waals surface area contributed by atoms with Gasteiger partial charge in [-0.1, -0.05) is 48.5 Å². The van der Waals surface area contributed by atoms with Gasteiger partial charge in [0.15, 0.2) is 11.5 Å². The maximum Gasteiger partial charge on any atom is 0.416 e. The Kier molecular flexibility index (Phi) is 5.87. The lowest BCUT2D eigenvalue weighted by Gasteiger charge is -2.16. The van der Waals surface area contributed by atoms with Gasteiger partial charge in [0, 0.05) is 5.92 Å². The topological polar surface area (TPSA) is 102 Å². The van der Waals surface area contributed by atoms with Gasteiger partial charge in [0.25, 0.3) is 0 Å². The maximum absolute atomic E-state index is 12.9. The second kappa shape index (κ2) is 9.03. The summed E-state index contributed by atoms with van der Waals surface area (Å²) >= 11 is 0. The molecule has 1 aliphatic rings. The first-order chi connectivity index (χ1) is 17.2. The van der Waals surface area contributed by atoms with Crippen molar-refractivity contribution < 1.29 is 37.0 Å². The Morgan fingerprint density at radius 3 is 2.28 bits per heavy atom. The Bertz CT molecular complexity index is 1420. The minimum atomic E-state index is -4.56. The number of benzene rings is 3. The van der Waals surface area contributed by atoms with Gasteiger partial charge in [-0.3, -0.25) is 0 Å². The highest BCUT2D eigenvalue weighted by Gasteiger charge is 2.32. The molecule has 0 radical (unpaired) electrons. The highest BCUT2D eigenvalue weighted by atomic mass is 19.4. The number of alkyl carbamates (subject to hydrolysis) is 1. The average molecular weight is 496 g/mol. The van der Waals surface area contributed by atoms with E-state index in [4.69, 9.17) is 9.15 Å². The first-order valence-electron chi connectivity index (χ1n) is 11.0. The third kappa shape index (κ3) is 4.49. The molecular formula is C26H19F3N2O5. The molecule has 0 unspecified atom stereocenters. The van der Waals surface area contributed by atoms with Gasteiger partial charge in [-0.25, -0.2) is 14.6 Å². The van der Waals surface area contributed by atoms with Crippen molar-refractivity contribution in [1.82, 2.24) is 10.3 Å². The number of carboxylic acids is 1. The number of rotatable bonds is 6. The summed E-state index contributed by atoms with van der Waals surface area (Å²) < 4.78 is 49.5. The van der Waals surface area contributed by atoms with Crippen molar-refractivity contribution in [1.29, 1.82) is 0 Å². The lowest BCUT2D eigenvalue weighted by molar-refractivity contribution is -0.139. The molecule has 36 heavy (non-hydrogen) atoms. The van der Waals surface area contributed by atoms with Gasteiger partial charge in [0.2, 0.25) is 0 Å². The smallest absolute Gasteiger partial charge is 0.416 e. The predicted molar refractivity (Wildman–Crippen MR) is 122 cm³/mol. The molecule has 1 heterocycles. The van der Waals surface area contributed by atoms with Crippen LogP contribution in [0.3, 0.4) is 0 Å². The highest BCUT2D eigenvalue weighted by Crippen LogP contribution is 2.44. The predicted octanol–water partition coefficient (Wildman–Crippen LogP) is 5.38. The van der Waals surface area contributed by atoms with Gasteiger partial charge in [-0.2, -0.15) is 13.2 Å². The summed E-state index contributed by atoms with van der Waals surface area (Å²) in [6, 6.07) is 16.9. The van der Waals surface area contributed by atoms with Crippen molar-refractivity contribution in [2.45, 2.75) is 24.6 Å². The summed E-state index contributed by atoms with van der Waals surface area (Å²) in [6.45, 7) is -0.00466. The number of amides is 1. The quantitative estimate of drug-likeness (QED) is 0.372. The summed E-state index contributed by atoms with van der Waals surface area (Å²) in [6.07, 6.45) is -5.88. The largest absolute Gasteiger partial charge is 0.480 e. The number of aromatic nitrogens is 1. The second-order valence-corrected chi connectivity index (χ2v) is 8.35. The molecule has 0 saturated carbocycles. The molecule has 0 aliphatic heterocycles. The molecule has 0 saturated heterocycles. The van der Waals surface area contributed by atoms with E-state index in [1.807, 2.05) is 48.5 Å². The number of carbonyl (C=O) groups is 2. The Morgan fingerprint density at radius 2 is 1.67 bits per heavy atom. The molecular weight excluding hydrogens is 477 g/mol. The number of aliphatic carboxylic acids is 1. The number of carbonyl (C=O) groups excluding carboxylic acids is 1. The van der Waals surface area contributed by atoms with E-state index in [1.165, 1.54) is 0 Å². The molecule has 1 aliphatic carbocycles. The third-order valence-corrected chi connectivity index (χ3v) is 6.07. The van der Waals surface area contributed by atoms with Gasteiger partial charge < -0.3 is 19.6 Å². The molecule has 0 spiro atoms. The van der Waals surface area contributed by atoms with Crippen molar-refractivity contribution in [3.63, 3.8) is 0 Å². The number of alkyl halides is 3. The molecule has 4 aromatic rings. The standard InChI is InChI=1S/C26H19F3N2O5/c27-26(28,29)14-9-10-20-22(11-14)36-23(30-20)12-21(24(32)33)31-25(34)35-13-19-17-7-3-1-5-15(17)16-6-2-4-8-18(16)19/h1-11,19,21H,12-13H2,(H,31,34)(H,32,33)/t21-/m0/s1. The summed E-state index contributed by atoms with van der Waals surface area (Å²) in [5, 5.41) is 11.8. The minimum Gasteiger partial charge on any atom is -0.480 e. The molecule has 10 heteroatoms. The Balaban J connectivity index is 1.27. The van der Waals surface area contributed by atoms with E-state index in [9.17, 15) is 27.9 Å². The molecule has 0 fully saturated rings. The van der Waals surface area contributed by atoms with Gasteiger partial charge in [-0.05, 0) is 40.5 Å². The summed E-state index contributed by atoms with van der Waals surface area (Å²) in [7, 11) is 0. The van der Waals surface area contributed by atoms with Crippen molar-refractivity contribution in [3.05, 3.63) is 89.3 Å². The van der Waals surface area contributed by atoms with Crippen molar-refractivity contribution in [3.8, 4) is 11.1 Å². The Labute approximate surface area is 202 Å². The van der Waals surface area contributed by atoms with Crippen LogP contribution in [0.25, 0.3) is 22.2 Å². The molecule has 1 amide bonds. The number of halogens is 3. The van der Waals surface area contributed by atoms with Crippen LogP contribution in [0.4, 0.5) is 18.0 Å². The SMILES string of the molecule is O=C(N[C@@H](Cc1nc2ccc(C(F)(F)F)cc2o1)C(=O)O)OCC1c2ccccc2-c2ccccc21. The molecule has 0 bridgehead atoms. The molecule has 3 aromatic carbocycles. The average Bonchev–Trinajstić information content (AvgIpc) is 3.39. The zero-order chi connectivity index (χ0) is 25.4. The van der Waals surface area contributed by atoms with E-state index in [2.05, 4.69) is 10.3 Å².